The molecule has 6 nitrogen and oxygen atoms in total. The van der Waals surface area contributed by atoms with Gasteiger partial charge < -0.3 is 19.5 Å². The standard InChI is InChI=1S/C17H22ClN3O3/c1-13-12-16(20-24-13)19-17(22)8-10-21(2)9-3-11-23-15-6-4-14(18)5-7-15/h4-7,12H,3,8-11H2,1-2H3,(H,19,20,22). The number of ether oxygens (including phenoxy) is 1. The van der Waals surface area contributed by atoms with Crippen molar-refractivity contribution in [2.24, 2.45) is 0 Å². The van der Waals surface area contributed by atoms with Crippen molar-refractivity contribution in [3.63, 3.8) is 0 Å². The van der Waals surface area contributed by atoms with Crippen LogP contribution in [0.25, 0.3) is 0 Å². The van der Waals surface area contributed by atoms with Crippen LogP contribution < -0.4 is 10.1 Å². The molecule has 1 aromatic heterocycles. The molecule has 0 aliphatic rings. The van der Waals surface area contributed by atoms with Gasteiger partial charge in [-0.15, -0.1) is 0 Å². The summed E-state index contributed by atoms with van der Waals surface area (Å²) in [6, 6.07) is 9.00. The lowest BCUT2D eigenvalue weighted by atomic mass is 10.3. The van der Waals surface area contributed by atoms with E-state index in [1.54, 1.807) is 25.1 Å². The third kappa shape index (κ3) is 6.60. The first-order chi connectivity index (χ1) is 11.5. The summed E-state index contributed by atoms with van der Waals surface area (Å²) in [5.41, 5.74) is 0. The van der Waals surface area contributed by atoms with Gasteiger partial charge in [0.2, 0.25) is 5.91 Å². The molecule has 0 radical (unpaired) electrons. The van der Waals surface area contributed by atoms with Crippen LogP contribution in [-0.4, -0.2) is 42.7 Å². The summed E-state index contributed by atoms with van der Waals surface area (Å²) >= 11 is 5.82. The summed E-state index contributed by atoms with van der Waals surface area (Å²) in [6.07, 6.45) is 1.28. The van der Waals surface area contributed by atoms with E-state index >= 15 is 0 Å². The number of carbonyl (C=O) groups is 1. The Bertz CT molecular complexity index is 643. The van der Waals surface area contributed by atoms with Gasteiger partial charge in [0.15, 0.2) is 5.82 Å². The van der Waals surface area contributed by atoms with Crippen LogP contribution in [0.2, 0.25) is 5.02 Å². The zero-order valence-electron chi connectivity index (χ0n) is 13.9. The van der Waals surface area contributed by atoms with Crippen LogP contribution in [0.3, 0.4) is 0 Å². The normalized spacial score (nSPS) is 10.8. The van der Waals surface area contributed by atoms with E-state index < -0.39 is 0 Å². The molecule has 0 saturated carbocycles. The summed E-state index contributed by atoms with van der Waals surface area (Å²) in [6.45, 7) is 3.92. The molecule has 24 heavy (non-hydrogen) atoms. The second kappa shape index (κ2) is 9.30. The molecule has 1 aromatic carbocycles. The van der Waals surface area contributed by atoms with Gasteiger partial charge in [0.05, 0.1) is 6.61 Å². The number of rotatable bonds is 9. The fourth-order valence-electron chi connectivity index (χ4n) is 2.09. The third-order valence-electron chi connectivity index (χ3n) is 3.38. The van der Waals surface area contributed by atoms with Crippen molar-refractivity contribution in [3.05, 3.63) is 41.1 Å². The van der Waals surface area contributed by atoms with Crippen molar-refractivity contribution in [3.8, 4) is 5.75 Å². The Morgan fingerprint density at radius 1 is 1.33 bits per heavy atom. The summed E-state index contributed by atoms with van der Waals surface area (Å²) in [7, 11) is 1.98. The van der Waals surface area contributed by atoms with Crippen LogP contribution in [0.5, 0.6) is 5.75 Å². The van der Waals surface area contributed by atoms with Crippen molar-refractivity contribution in [1.29, 1.82) is 0 Å². The van der Waals surface area contributed by atoms with Crippen LogP contribution in [0.4, 0.5) is 5.82 Å². The zero-order chi connectivity index (χ0) is 17.4. The third-order valence-corrected chi connectivity index (χ3v) is 3.63. The fraction of sp³-hybridized carbons (Fsp3) is 0.412. The Labute approximate surface area is 146 Å². The molecule has 1 N–H and O–H groups in total. The Balaban J connectivity index is 1.56. The average Bonchev–Trinajstić information content (AvgIpc) is 2.96. The van der Waals surface area contributed by atoms with Crippen LogP contribution in [0, 0.1) is 6.92 Å². The highest BCUT2D eigenvalue weighted by molar-refractivity contribution is 6.30. The Hall–Kier alpha value is -2.05. The lowest BCUT2D eigenvalue weighted by Crippen LogP contribution is -2.26. The number of carbonyl (C=O) groups excluding carboxylic acids is 1. The molecule has 130 valence electrons. The minimum absolute atomic E-state index is 0.0763. The topological polar surface area (TPSA) is 67.6 Å². The van der Waals surface area contributed by atoms with Crippen molar-refractivity contribution >= 4 is 23.3 Å². The fourth-order valence-corrected chi connectivity index (χ4v) is 2.22. The van der Waals surface area contributed by atoms with Gasteiger partial charge in [-0.05, 0) is 44.7 Å². The highest BCUT2D eigenvalue weighted by atomic mass is 35.5. The van der Waals surface area contributed by atoms with E-state index in [4.69, 9.17) is 20.9 Å². The maximum atomic E-state index is 11.8. The van der Waals surface area contributed by atoms with Crippen molar-refractivity contribution in [2.45, 2.75) is 19.8 Å². The first kappa shape index (κ1) is 18.3. The zero-order valence-corrected chi connectivity index (χ0v) is 14.7. The van der Waals surface area contributed by atoms with E-state index in [1.807, 2.05) is 19.2 Å². The van der Waals surface area contributed by atoms with Crippen molar-refractivity contribution in [1.82, 2.24) is 10.1 Å². The number of hydrogen-bond donors (Lipinski definition) is 1. The molecule has 0 unspecified atom stereocenters. The highest BCUT2D eigenvalue weighted by Crippen LogP contribution is 2.15. The molecule has 0 fully saturated rings. The molecule has 0 bridgehead atoms. The number of hydrogen-bond acceptors (Lipinski definition) is 5. The smallest absolute Gasteiger partial charge is 0.226 e. The monoisotopic (exact) mass is 351 g/mol. The molecule has 7 heteroatoms. The molecule has 0 aliphatic carbocycles. The van der Waals surface area contributed by atoms with E-state index in [0.29, 0.717) is 36.2 Å². The number of aromatic nitrogens is 1. The summed E-state index contributed by atoms with van der Waals surface area (Å²) < 4.78 is 10.5. The minimum atomic E-state index is -0.0763. The molecular formula is C17H22ClN3O3. The minimum Gasteiger partial charge on any atom is -0.494 e. The van der Waals surface area contributed by atoms with Gasteiger partial charge in [-0.1, -0.05) is 16.8 Å². The van der Waals surface area contributed by atoms with Gasteiger partial charge in [0.25, 0.3) is 0 Å². The number of halogens is 1. The molecule has 2 rings (SSSR count). The molecule has 2 aromatic rings. The Kier molecular flexibility index (Phi) is 7.08. The number of nitrogens with zero attached hydrogens (tertiary/aromatic N) is 2. The van der Waals surface area contributed by atoms with E-state index in [-0.39, 0.29) is 5.91 Å². The number of nitrogens with one attached hydrogen (secondary N) is 1. The van der Waals surface area contributed by atoms with E-state index in [1.165, 1.54) is 0 Å². The predicted octanol–water partition coefficient (Wildman–Crippen LogP) is 3.37. The highest BCUT2D eigenvalue weighted by Gasteiger charge is 2.07. The summed E-state index contributed by atoms with van der Waals surface area (Å²) in [4.78, 5) is 13.9. The molecule has 0 aliphatic heterocycles. The molecular weight excluding hydrogens is 330 g/mol. The van der Waals surface area contributed by atoms with Gasteiger partial charge in [-0.3, -0.25) is 4.79 Å². The maximum Gasteiger partial charge on any atom is 0.226 e. The summed E-state index contributed by atoms with van der Waals surface area (Å²) in [5.74, 6) is 1.86. The van der Waals surface area contributed by atoms with Gasteiger partial charge in [0, 0.05) is 30.6 Å². The van der Waals surface area contributed by atoms with Crippen LogP contribution in [-0.2, 0) is 4.79 Å². The lowest BCUT2D eigenvalue weighted by Gasteiger charge is -2.16. The maximum absolute atomic E-state index is 11.8. The first-order valence-corrected chi connectivity index (χ1v) is 8.21. The molecule has 0 saturated heterocycles. The molecule has 1 heterocycles. The first-order valence-electron chi connectivity index (χ1n) is 7.83. The van der Waals surface area contributed by atoms with Crippen LogP contribution >= 0.6 is 11.6 Å². The van der Waals surface area contributed by atoms with E-state index in [0.717, 1.165) is 18.7 Å². The lowest BCUT2D eigenvalue weighted by molar-refractivity contribution is -0.116. The number of anilines is 1. The summed E-state index contributed by atoms with van der Waals surface area (Å²) in [5, 5.41) is 7.13. The Morgan fingerprint density at radius 2 is 2.08 bits per heavy atom. The second-order valence-electron chi connectivity index (χ2n) is 5.58. The number of amides is 1. The van der Waals surface area contributed by atoms with E-state index in [9.17, 15) is 4.79 Å². The van der Waals surface area contributed by atoms with Crippen molar-refractivity contribution in [2.75, 3.05) is 32.1 Å². The predicted molar refractivity (Wildman–Crippen MR) is 93.5 cm³/mol. The number of aryl methyl sites for hydroxylation is 1. The largest absolute Gasteiger partial charge is 0.494 e. The van der Waals surface area contributed by atoms with Crippen LogP contribution in [0.15, 0.2) is 34.9 Å². The quantitative estimate of drug-likeness (QED) is 0.701. The molecule has 1 amide bonds. The van der Waals surface area contributed by atoms with E-state index in [2.05, 4.69) is 15.4 Å². The average molecular weight is 352 g/mol. The molecule has 0 spiro atoms. The van der Waals surface area contributed by atoms with Gasteiger partial charge in [0.1, 0.15) is 11.5 Å². The SMILES string of the molecule is Cc1cc(NC(=O)CCN(C)CCCOc2ccc(Cl)cc2)no1. The van der Waals surface area contributed by atoms with Crippen molar-refractivity contribution < 1.29 is 14.1 Å². The van der Waals surface area contributed by atoms with Gasteiger partial charge in [-0.2, -0.15) is 0 Å². The van der Waals surface area contributed by atoms with Gasteiger partial charge in [-0.25, -0.2) is 0 Å². The van der Waals surface area contributed by atoms with Crippen LogP contribution in [0.1, 0.15) is 18.6 Å². The Morgan fingerprint density at radius 3 is 2.75 bits per heavy atom. The number of benzene rings is 1. The van der Waals surface area contributed by atoms with Gasteiger partial charge >= 0.3 is 0 Å². The second-order valence-corrected chi connectivity index (χ2v) is 6.02. The molecule has 0 atom stereocenters.